The number of unbranched alkanes of at least 4 members (excludes halogenated alkanes) is 11. The van der Waals surface area contributed by atoms with Crippen LogP contribution in [0, 0.1) is 0 Å². The molecule has 5 heteroatoms. The molecule has 0 saturated heterocycles. The number of hydrogen-bond acceptors (Lipinski definition) is 3. The Bertz CT molecular complexity index is 409. The van der Waals surface area contributed by atoms with Crippen LogP contribution in [0.25, 0.3) is 0 Å². The number of likely N-dealkylation sites (N-methyl/N-ethyl adjacent to an activating group) is 1. The summed E-state index contributed by atoms with van der Waals surface area (Å²) in [5.41, 5.74) is 0. The number of carbonyl (C=O) groups excluding carboxylic acids is 1. The van der Waals surface area contributed by atoms with Crippen molar-refractivity contribution in [3.63, 3.8) is 0 Å². The Labute approximate surface area is 173 Å². The fourth-order valence-electron chi connectivity index (χ4n) is 3.68. The Hall–Kier alpha value is -1.10. The molecule has 5 nitrogen and oxygen atoms in total. The second kappa shape index (κ2) is 16.8. The lowest BCUT2D eigenvalue weighted by Crippen LogP contribution is -2.47. The Morgan fingerprint density at radius 2 is 1.32 bits per heavy atom. The van der Waals surface area contributed by atoms with E-state index in [0.29, 0.717) is 17.6 Å². The number of carbonyl (C=O) groups is 2. The number of esters is 1. The molecular formula is C23H46NO4+. The summed E-state index contributed by atoms with van der Waals surface area (Å²) in [5.74, 6) is -1.03. The molecule has 1 unspecified atom stereocenters. The number of carboxylic acid groups (broad SMARTS) is 1. The molecule has 0 aromatic rings. The lowest BCUT2D eigenvalue weighted by molar-refractivity contribution is -0.892. The summed E-state index contributed by atoms with van der Waals surface area (Å²) < 4.78 is 6.05. The van der Waals surface area contributed by atoms with Crippen LogP contribution in [0.3, 0.4) is 0 Å². The van der Waals surface area contributed by atoms with Crippen LogP contribution in [0.1, 0.15) is 104 Å². The molecule has 0 aromatic heterocycles. The van der Waals surface area contributed by atoms with E-state index in [0.717, 1.165) is 12.8 Å². The first kappa shape index (κ1) is 26.9. The van der Waals surface area contributed by atoms with Crippen molar-refractivity contribution in [3.05, 3.63) is 0 Å². The molecule has 0 saturated carbocycles. The van der Waals surface area contributed by atoms with Gasteiger partial charge >= 0.3 is 11.9 Å². The van der Waals surface area contributed by atoms with Crippen molar-refractivity contribution in [1.29, 1.82) is 0 Å². The van der Waals surface area contributed by atoms with E-state index in [-0.39, 0.29) is 18.5 Å². The number of carboxylic acids is 1. The van der Waals surface area contributed by atoms with E-state index >= 15 is 0 Å². The monoisotopic (exact) mass is 400 g/mol. The molecule has 1 atom stereocenters. The molecule has 0 aliphatic carbocycles. The second-order valence-corrected chi connectivity index (χ2v) is 8.89. The van der Waals surface area contributed by atoms with E-state index < -0.39 is 5.97 Å². The summed E-state index contributed by atoms with van der Waals surface area (Å²) in [6, 6.07) is 0. The minimum atomic E-state index is -0.781. The van der Waals surface area contributed by atoms with Crippen molar-refractivity contribution in [3.8, 4) is 0 Å². The summed E-state index contributed by atoms with van der Waals surface area (Å²) >= 11 is 0. The lowest BCUT2D eigenvalue weighted by atomic mass is 10.0. The van der Waals surface area contributed by atoms with Gasteiger partial charge < -0.3 is 14.3 Å². The first-order valence-corrected chi connectivity index (χ1v) is 11.5. The van der Waals surface area contributed by atoms with Gasteiger partial charge in [0.15, 0.2) is 6.10 Å². The van der Waals surface area contributed by atoms with Crippen LogP contribution < -0.4 is 0 Å². The van der Waals surface area contributed by atoms with Gasteiger partial charge in [0.1, 0.15) is 6.54 Å². The fraction of sp³-hybridized carbons (Fsp3) is 0.913. The molecule has 0 radical (unpaired) electrons. The number of rotatable bonds is 19. The van der Waals surface area contributed by atoms with Gasteiger partial charge in [-0.15, -0.1) is 0 Å². The van der Waals surface area contributed by atoms with Gasteiger partial charge in [0, 0.05) is 6.92 Å². The molecule has 0 rings (SSSR count). The van der Waals surface area contributed by atoms with Gasteiger partial charge in [0.2, 0.25) is 0 Å². The molecular weight excluding hydrogens is 354 g/mol. The van der Waals surface area contributed by atoms with Crippen LogP contribution in [0.5, 0.6) is 0 Å². The highest BCUT2D eigenvalue weighted by atomic mass is 16.5. The first-order chi connectivity index (χ1) is 13.3. The van der Waals surface area contributed by atoms with E-state index in [1.807, 2.05) is 14.1 Å². The van der Waals surface area contributed by atoms with Crippen molar-refractivity contribution in [1.82, 2.24) is 0 Å². The van der Waals surface area contributed by atoms with Gasteiger partial charge in [0.25, 0.3) is 0 Å². The van der Waals surface area contributed by atoms with Gasteiger partial charge in [-0.1, -0.05) is 77.6 Å². The third kappa shape index (κ3) is 18.3. The zero-order chi connectivity index (χ0) is 21.3. The van der Waals surface area contributed by atoms with Crippen molar-refractivity contribution in [2.24, 2.45) is 0 Å². The maximum atomic E-state index is 11.4. The quantitative estimate of drug-likeness (QED) is 0.175. The van der Waals surface area contributed by atoms with Gasteiger partial charge in [0.05, 0.1) is 27.1 Å². The highest BCUT2D eigenvalue weighted by Crippen LogP contribution is 2.15. The molecule has 28 heavy (non-hydrogen) atoms. The average molecular weight is 401 g/mol. The standard InChI is InChI=1S/C23H45NO4/c1-5-6-7-8-9-10-11-12-13-14-15-16-17-22(28-21(2)25)20-24(3,4)19-18-23(26)27/h22H,5-20H2,1-4H3/p+1. The Morgan fingerprint density at radius 1 is 0.857 bits per heavy atom. The normalized spacial score (nSPS) is 12.7. The van der Waals surface area contributed by atoms with Crippen molar-refractivity contribution in [2.75, 3.05) is 27.2 Å². The molecule has 0 heterocycles. The Morgan fingerprint density at radius 3 is 1.75 bits per heavy atom. The summed E-state index contributed by atoms with van der Waals surface area (Å²) in [5, 5.41) is 8.89. The topological polar surface area (TPSA) is 63.6 Å². The molecule has 1 N–H and O–H groups in total. The molecule has 0 fully saturated rings. The zero-order valence-corrected chi connectivity index (χ0v) is 19.0. The van der Waals surface area contributed by atoms with Gasteiger partial charge in [-0.05, 0) is 12.8 Å². The van der Waals surface area contributed by atoms with Crippen molar-refractivity contribution in [2.45, 2.75) is 110 Å². The van der Waals surface area contributed by atoms with Gasteiger partial charge in [-0.3, -0.25) is 9.59 Å². The molecule has 0 amide bonds. The highest BCUT2D eigenvalue weighted by molar-refractivity contribution is 5.66. The smallest absolute Gasteiger partial charge is 0.309 e. The lowest BCUT2D eigenvalue weighted by Gasteiger charge is -2.32. The molecule has 0 spiro atoms. The zero-order valence-electron chi connectivity index (χ0n) is 19.0. The molecule has 0 aliphatic rings. The van der Waals surface area contributed by atoms with E-state index in [2.05, 4.69) is 6.92 Å². The minimum Gasteiger partial charge on any atom is -0.481 e. The van der Waals surface area contributed by atoms with E-state index in [1.54, 1.807) is 0 Å². The Balaban J connectivity index is 3.86. The largest absolute Gasteiger partial charge is 0.481 e. The van der Waals surface area contributed by atoms with E-state index in [1.165, 1.54) is 77.6 Å². The molecule has 0 aromatic carbocycles. The number of ether oxygens (including phenoxy) is 1. The van der Waals surface area contributed by atoms with E-state index in [9.17, 15) is 9.59 Å². The van der Waals surface area contributed by atoms with Crippen LogP contribution in [-0.2, 0) is 14.3 Å². The first-order valence-electron chi connectivity index (χ1n) is 11.5. The number of hydrogen-bond donors (Lipinski definition) is 1. The third-order valence-electron chi connectivity index (χ3n) is 5.34. The van der Waals surface area contributed by atoms with E-state index in [4.69, 9.17) is 9.84 Å². The van der Waals surface area contributed by atoms with Crippen molar-refractivity contribution >= 4 is 11.9 Å². The minimum absolute atomic E-state index is 0.121. The highest BCUT2D eigenvalue weighted by Gasteiger charge is 2.24. The Kier molecular flexibility index (Phi) is 16.2. The van der Waals surface area contributed by atoms with Crippen LogP contribution >= 0.6 is 0 Å². The number of aliphatic carboxylic acids is 1. The maximum absolute atomic E-state index is 11.4. The number of quaternary nitrogens is 1. The second-order valence-electron chi connectivity index (χ2n) is 8.89. The SMILES string of the molecule is CCCCCCCCCCCCCCC(C[N+](C)(C)CCC(=O)O)OC(C)=O. The van der Waals surface area contributed by atoms with Crippen LogP contribution in [0.2, 0.25) is 0 Å². The summed E-state index contributed by atoms with van der Waals surface area (Å²) in [6.07, 6.45) is 16.6. The van der Waals surface area contributed by atoms with Crippen molar-refractivity contribution < 1.29 is 23.9 Å². The third-order valence-corrected chi connectivity index (χ3v) is 5.34. The maximum Gasteiger partial charge on any atom is 0.309 e. The summed E-state index contributed by atoms with van der Waals surface area (Å²) in [7, 11) is 4.00. The molecule has 0 aliphatic heterocycles. The predicted molar refractivity (Wildman–Crippen MR) is 115 cm³/mol. The number of nitrogens with zero attached hydrogens (tertiary/aromatic N) is 1. The summed E-state index contributed by atoms with van der Waals surface area (Å²) in [4.78, 5) is 22.2. The predicted octanol–water partition coefficient (Wildman–Crippen LogP) is 5.56. The van der Waals surface area contributed by atoms with Crippen LogP contribution in [0.15, 0.2) is 0 Å². The summed E-state index contributed by atoms with van der Waals surface area (Å²) in [6.45, 7) is 4.93. The van der Waals surface area contributed by atoms with Gasteiger partial charge in [-0.25, -0.2) is 0 Å². The van der Waals surface area contributed by atoms with Crippen LogP contribution in [-0.4, -0.2) is 54.8 Å². The molecule has 166 valence electrons. The van der Waals surface area contributed by atoms with Crippen LogP contribution in [0.4, 0.5) is 0 Å². The fourth-order valence-corrected chi connectivity index (χ4v) is 3.68. The van der Waals surface area contributed by atoms with Gasteiger partial charge in [-0.2, -0.15) is 0 Å². The average Bonchev–Trinajstić information content (AvgIpc) is 2.60. The molecule has 0 bridgehead atoms.